The lowest BCUT2D eigenvalue weighted by Gasteiger charge is -2.15. The maximum absolute atomic E-state index is 12.8. The number of nitrogens with zero attached hydrogens (tertiary/aromatic N) is 6. The van der Waals surface area contributed by atoms with E-state index >= 15 is 0 Å². The third-order valence-corrected chi connectivity index (χ3v) is 8.16. The zero-order chi connectivity index (χ0) is 37.6. The molecule has 53 heavy (non-hydrogen) atoms. The van der Waals surface area contributed by atoms with E-state index in [0.29, 0.717) is 62.6 Å². The van der Waals surface area contributed by atoms with E-state index in [0.717, 1.165) is 11.1 Å². The van der Waals surface area contributed by atoms with E-state index in [-0.39, 0.29) is 40.8 Å². The molecule has 0 unspecified atom stereocenters. The van der Waals surface area contributed by atoms with Gasteiger partial charge >= 0.3 is 0 Å². The third kappa shape index (κ3) is 7.86. The molecular weight excluding hydrogens is 684 g/mol. The maximum Gasteiger partial charge on any atom is 0.287 e. The highest BCUT2D eigenvalue weighted by atomic mass is 16.7. The molecule has 0 amide bonds. The molecule has 0 aliphatic rings. The predicted octanol–water partition coefficient (Wildman–Crippen LogP) is 4.11. The number of anilines is 2. The Morgan fingerprint density at radius 2 is 1.11 bits per heavy atom. The van der Waals surface area contributed by atoms with E-state index in [1.54, 1.807) is 19.1 Å². The molecule has 0 saturated heterocycles. The predicted molar refractivity (Wildman–Crippen MR) is 195 cm³/mol. The van der Waals surface area contributed by atoms with Crippen molar-refractivity contribution in [3.8, 4) is 23.0 Å². The van der Waals surface area contributed by atoms with Crippen LogP contribution in [0.4, 0.5) is 11.4 Å². The van der Waals surface area contributed by atoms with Crippen molar-refractivity contribution in [2.45, 2.75) is 33.5 Å². The van der Waals surface area contributed by atoms with Gasteiger partial charge in [-0.25, -0.2) is 19.9 Å². The van der Waals surface area contributed by atoms with Gasteiger partial charge in [0.2, 0.25) is 0 Å². The molecule has 0 fully saturated rings. The van der Waals surface area contributed by atoms with E-state index in [1.807, 2.05) is 37.3 Å². The molecule has 4 aromatic heterocycles. The molecule has 16 nitrogen and oxygen atoms in total. The SMILES string of the molecule is Cc1ncnc2c1c(NCc1ccc(O)c(O)c1)cc(=O)n2O.Cc1ncnc2c1c(NCc1ccc(O)c(O)c1)cc(=O)n2OCc1ccccc1. The number of hydrogen-bond acceptors (Lipinski definition) is 14. The Bertz CT molecular complexity index is 2560. The molecule has 7 aromatic rings. The zero-order valence-corrected chi connectivity index (χ0v) is 28.4. The first kappa shape index (κ1) is 35.5. The Hall–Kier alpha value is -7.36. The van der Waals surface area contributed by atoms with Crippen molar-refractivity contribution in [3.05, 3.63) is 140 Å². The van der Waals surface area contributed by atoms with Crippen LogP contribution in [0.1, 0.15) is 28.1 Å². The average molecular weight is 719 g/mol. The standard InChI is InChI=1S/C22H20N4O4.C15H14N4O4/c1-14-21-17(23-11-16-7-8-18(27)19(28)9-16)10-20(29)26(22(21)25-13-24-14)30-12-15-5-3-2-4-6-15;1-8-14-10(5-13(22)19(23)15(14)18-7-17-8)16-6-9-2-3-11(20)12(21)4-9/h2-10,13,23,27-28H,11-12H2,1H3;2-5,7,16,20-21,23H,6H2,1H3. The Morgan fingerprint density at radius 3 is 1.66 bits per heavy atom. The summed E-state index contributed by atoms with van der Waals surface area (Å²) in [6.45, 7) is 4.41. The summed E-state index contributed by atoms with van der Waals surface area (Å²) in [7, 11) is 0. The van der Waals surface area contributed by atoms with Gasteiger partial charge in [0.1, 0.15) is 19.3 Å². The summed E-state index contributed by atoms with van der Waals surface area (Å²) in [6.07, 6.45) is 2.66. The highest BCUT2D eigenvalue weighted by molar-refractivity contribution is 5.91. The van der Waals surface area contributed by atoms with Gasteiger partial charge in [-0.15, -0.1) is 9.46 Å². The first-order chi connectivity index (χ1) is 25.5. The number of aromatic nitrogens is 6. The van der Waals surface area contributed by atoms with Gasteiger partial charge in [-0.2, -0.15) is 0 Å². The van der Waals surface area contributed by atoms with Crippen LogP contribution in [0.3, 0.4) is 0 Å². The number of benzene rings is 3. The van der Waals surface area contributed by atoms with Crippen LogP contribution in [-0.2, 0) is 19.7 Å². The average Bonchev–Trinajstić information content (AvgIpc) is 3.14. The van der Waals surface area contributed by atoms with Gasteiger partial charge in [0, 0.05) is 25.2 Å². The Morgan fingerprint density at radius 1 is 0.604 bits per heavy atom. The van der Waals surface area contributed by atoms with Crippen LogP contribution in [-0.4, -0.2) is 55.0 Å². The summed E-state index contributed by atoms with van der Waals surface area (Å²) in [4.78, 5) is 46.9. The number of phenolic OH excluding ortho intramolecular Hbond substituents is 4. The summed E-state index contributed by atoms with van der Waals surface area (Å²) >= 11 is 0. The fraction of sp³-hybridized carbons (Fsp3) is 0.135. The number of phenols is 4. The fourth-order valence-corrected chi connectivity index (χ4v) is 5.46. The summed E-state index contributed by atoms with van der Waals surface area (Å²) in [5, 5.41) is 55.2. The van der Waals surface area contributed by atoms with Crippen LogP contribution < -0.4 is 26.6 Å². The monoisotopic (exact) mass is 718 g/mol. The molecular formula is C37H34N8O8. The van der Waals surface area contributed by atoms with E-state index in [4.69, 9.17) is 4.84 Å². The quantitative estimate of drug-likeness (QED) is 0.0823. The molecule has 4 heterocycles. The largest absolute Gasteiger partial charge is 0.504 e. The number of nitrogens with one attached hydrogen (secondary N) is 2. The summed E-state index contributed by atoms with van der Waals surface area (Å²) in [5.74, 6) is -0.819. The summed E-state index contributed by atoms with van der Waals surface area (Å²) < 4.78 is 1.65. The fourth-order valence-electron chi connectivity index (χ4n) is 5.46. The van der Waals surface area contributed by atoms with E-state index < -0.39 is 5.56 Å². The van der Waals surface area contributed by atoms with Crippen LogP contribution in [0, 0.1) is 13.8 Å². The summed E-state index contributed by atoms with van der Waals surface area (Å²) in [5.41, 5.74) is 4.18. The van der Waals surface area contributed by atoms with Gasteiger partial charge in [-0.1, -0.05) is 42.5 Å². The van der Waals surface area contributed by atoms with E-state index in [2.05, 4.69) is 30.6 Å². The Balaban J connectivity index is 0.000000188. The van der Waals surface area contributed by atoms with Crippen LogP contribution in [0.2, 0.25) is 0 Å². The maximum atomic E-state index is 12.8. The normalized spacial score (nSPS) is 10.8. The van der Waals surface area contributed by atoms with E-state index in [1.165, 1.54) is 53.8 Å². The lowest BCUT2D eigenvalue weighted by atomic mass is 10.1. The Kier molecular flexibility index (Phi) is 10.2. The number of aryl methyl sites for hydroxylation is 2. The number of fused-ring (bicyclic) bond motifs is 2. The molecule has 0 radical (unpaired) electrons. The minimum Gasteiger partial charge on any atom is -0.504 e. The lowest BCUT2D eigenvalue weighted by Crippen LogP contribution is -2.28. The molecule has 270 valence electrons. The molecule has 0 spiro atoms. The third-order valence-electron chi connectivity index (χ3n) is 8.16. The van der Waals surface area contributed by atoms with Crippen LogP contribution >= 0.6 is 0 Å². The van der Waals surface area contributed by atoms with Gasteiger partial charge in [0.25, 0.3) is 11.1 Å². The molecule has 0 bridgehead atoms. The van der Waals surface area contributed by atoms with Crippen molar-refractivity contribution in [3.63, 3.8) is 0 Å². The van der Waals surface area contributed by atoms with Crippen molar-refractivity contribution in [1.29, 1.82) is 0 Å². The van der Waals surface area contributed by atoms with Crippen molar-refractivity contribution >= 4 is 33.4 Å². The van der Waals surface area contributed by atoms with Crippen molar-refractivity contribution in [1.82, 2.24) is 29.4 Å². The number of pyridine rings is 2. The van der Waals surface area contributed by atoms with Crippen molar-refractivity contribution in [2.24, 2.45) is 0 Å². The minimum atomic E-state index is -0.619. The molecule has 7 N–H and O–H groups in total. The molecule has 7 rings (SSSR count). The highest BCUT2D eigenvalue weighted by Gasteiger charge is 2.15. The van der Waals surface area contributed by atoms with E-state index in [9.17, 15) is 35.2 Å². The highest BCUT2D eigenvalue weighted by Crippen LogP contribution is 2.28. The molecule has 16 heteroatoms. The molecule has 0 aliphatic heterocycles. The molecule has 0 atom stereocenters. The first-order valence-corrected chi connectivity index (χ1v) is 16.1. The topological polar surface area (TPSA) is 230 Å². The lowest BCUT2D eigenvalue weighted by molar-refractivity contribution is 0.0979. The van der Waals surface area contributed by atoms with Crippen LogP contribution in [0.25, 0.3) is 22.1 Å². The van der Waals surface area contributed by atoms with Gasteiger partial charge in [0.15, 0.2) is 34.3 Å². The van der Waals surface area contributed by atoms with Gasteiger partial charge in [-0.05, 0) is 54.8 Å². The van der Waals surface area contributed by atoms with Gasteiger partial charge < -0.3 is 41.1 Å². The van der Waals surface area contributed by atoms with Gasteiger partial charge in [0.05, 0.1) is 33.5 Å². The zero-order valence-electron chi connectivity index (χ0n) is 28.4. The first-order valence-electron chi connectivity index (χ1n) is 16.1. The number of hydrogen-bond donors (Lipinski definition) is 7. The van der Waals surface area contributed by atoms with Gasteiger partial charge in [-0.3, -0.25) is 9.59 Å². The minimum absolute atomic E-state index is 0.112. The van der Waals surface area contributed by atoms with Crippen LogP contribution in [0.5, 0.6) is 23.0 Å². The molecule has 0 saturated carbocycles. The second-order valence-electron chi connectivity index (χ2n) is 11.8. The van der Waals surface area contributed by atoms with Crippen molar-refractivity contribution < 1.29 is 30.5 Å². The second-order valence-corrected chi connectivity index (χ2v) is 11.8. The second kappa shape index (κ2) is 15.3. The Labute approximate surface area is 300 Å². The molecule has 0 aliphatic carbocycles. The van der Waals surface area contributed by atoms with Crippen LogP contribution in [0.15, 0.2) is 101 Å². The van der Waals surface area contributed by atoms with Crippen molar-refractivity contribution in [2.75, 3.05) is 10.6 Å². The number of aromatic hydroxyl groups is 4. The number of rotatable bonds is 9. The summed E-state index contributed by atoms with van der Waals surface area (Å²) in [6, 6.07) is 21.2. The molecule has 3 aromatic carbocycles. The smallest absolute Gasteiger partial charge is 0.287 e.